The van der Waals surface area contributed by atoms with Crippen LogP contribution >= 0.6 is 38.6 Å². The molecule has 0 amide bonds. The van der Waals surface area contributed by atoms with E-state index < -0.39 is 0 Å². The molecule has 72 valence electrons. The molecule has 0 aliphatic rings. The van der Waals surface area contributed by atoms with Crippen molar-refractivity contribution >= 4 is 44.4 Å². The molecular formula is C9H6BrNOS2. The van der Waals surface area contributed by atoms with E-state index in [1.165, 1.54) is 22.7 Å². The van der Waals surface area contributed by atoms with E-state index in [2.05, 4.69) is 20.9 Å². The van der Waals surface area contributed by atoms with Gasteiger partial charge >= 0.3 is 0 Å². The number of hydrogen-bond acceptors (Lipinski definition) is 4. The van der Waals surface area contributed by atoms with Crippen molar-refractivity contribution in [3.63, 3.8) is 0 Å². The molecule has 0 saturated carbocycles. The normalized spacial score (nSPS) is 10.4. The number of hydrogen-bond donors (Lipinski definition) is 0. The first-order chi connectivity index (χ1) is 6.68. The number of rotatable bonds is 2. The summed E-state index contributed by atoms with van der Waals surface area (Å²) in [6.45, 7) is 1.89. The Bertz CT molecular complexity index is 475. The maximum absolute atomic E-state index is 11.9. The van der Waals surface area contributed by atoms with Crippen LogP contribution in [0.2, 0.25) is 0 Å². The van der Waals surface area contributed by atoms with E-state index in [1.807, 2.05) is 18.4 Å². The summed E-state index contributed by atoms with van der Waals surface area (Å²) in [4.78, 5) is 16.7. The fourth-order valence-electron chi connectivity index (χ4n) is 1.04. The van der Waals surface area contributed by atoms with Crippen LogP contribution in [0.25, 0.3) is 0 Å². The van der Waals surface area contributed by atoms with E-state index in [9.17, 15) is 4.79 Å². The highest BCUT2D eigenvalue weighted by Gasteiger charge is 2.16. The third-order valence-corrected chi connectivity index (χ3v) is 4.29. The Labute approximate surface area is 97.7 Å². The van der Waals surface area contributed by atoms with Crippen molar-refractivity contribution in [1.82, 2.24) is 4.98 Å². The fraction of sp³-hybridized carbons (Fsp3) is 0.111. The molecule has 2 aromatic rings. The van der Waals surface area contributed by atoms with Gasteiger partial charge in [0.25, 0.3) is 0 Å². The zero-order valence-corrected chi connectivity index (χ0v) is 10.5. The first-order valence-corrected chi connectivity index (χ1v) is 6.43. The van der Waals surface area contributed by atoms with Crippen molar-refractivity contribution in [2.45, 2.75) is 6.92 Å². The second kappa shape index (κ2) is 3.92. The van der Waals surface area contributed by atoms with Gasteiger partial charge < -0.3 is 0 Å². The number of halogens is 1. The highest BCUT2D eigenvalue weighted by Crippen LogP contribution is 2.25. The van der Waals surface area contributed by atoms with Gasteiger partial charge in [-0.15, -0.1) is 22.7 Å². The van der Waals surface area contributed by atoms with E-state index in [1.54, 1.807) is 5.38 Å². The summed E-state index contributed by atoms with van der Waals surface area (Å²) in [5, 5.41) is 4.60. The van der Waals surface area contributed by atoms with Gasteiger partial charge in [-0.3, -0.25) is 4.79 Å². The van der Waals surface area contributed by atoms with Crippen molar-refractivity contribution in [3.8, 4) is 0 Å². The largest absolute Gasteiger partial charge is 0.286 e. The summed E-state index contributed by atoms with van der Waals surface area (Å²) in [7, 11) is 0. The number of thiophene rings is 1. The Hall–Kier alpha value is -0.520. The van der Waals surface area contributed by atoms with Crippen molar-refractivity contribution in [2.24, 2.45) is 0 Å². The summed E-state index contributed by atoms with van der Waals surface area (Å²) >= 11 is 6.26. The summed E-state index contributed by atoms with van der Waals surface area (Å²) in [6.07, 6.45) is 0. The van der Waals surface area contributed by atoms with Gasteiger partial charge in [-0.25, -0.2) is 4.98 Å². The third kappa shape index (κ3) is 1.80. The molecule has 0 saturated heterocycles. The molecule has 2 aromatic heterocycles. The quantitative estimate of drug-likeness (QED) is 0.792. The predicted octanol–water partition coefficient (Wildman–Crippen LogP) is 3.51. The van der Waals surface area contributed by atoms with Crippen LogP contribution in [-0.4, -0.2) is 10.8 Å². The average molecular weight is 288 g/mol. The van der Waals surface area contributed by atoms with Crippen molar-refractivity contribution in [2.75, 3.05) is 0 Å². The highest BCUT2D eigenvalue weighted by atomic mass is 79.9. The minimum atomic E-state index is -0.00350. The number of nitrogens with zero attached hydrogens (tertiary/aromatic N) is 1. The number of aromatic nitrogens is 1. The molecule has 0 spiro atoms. The number of thiazole rings is 1. The Morgan fingerprint density at radius 3 is 2.79 bits per heavy atom. The van der Waals surface area contributed by atoms with Crippen LogP contribution in [0.4, 0.5) is 0 Å². The lowest BCUT2D eigenvalue weighted by Crippen LogP contribution is -1.99. The second-order valence-corrected chi connectivity index (χ2v) is 5.51. The Morgan fingerprint density at radius 2 is 2.29 bits per heavy atom. The molecule has 0 N–H and O–H groups in total. The SMILES string of the molecule is Cc1nc(C(=O)c2sccc2Br)cs1. The molecule has 0 fully saturated rings. The molecule has 0 atom stereocenters. The molecule has 0 radical (unpaired) electrons. The molecule has 14 heavy (non-hydrogen) atoms. The van der Waals surface area contributed by atoms with Gasteiger partial charge in [-0.2, -0.15) is 0 Å². The molecule has 0 aromatic carbocycles. The van der Waals surface area contributed by atoms with E-state index in [0.717, 1.165) is 14.4 Å². The zero-order valence-electron chi connectivity index (χ0n) is 7.28. The Morgan fingerprint density at radius 1 is 1.50 bits per heavy atom. The average Bonchev–Trinajstić information content (AvgIpc) is 2.73. The minimum absolute atomic E-state index is 0.00350. The van der Waals surface area contributed by atoms with Gasteiger partial charge in [0.15, 0.2) is 0 Å². The minimum Gasteiger partial charge on any atom is -0.286 e. The summed E-state index contributed by atoms with van der Waals surface area (Å²) in [6, 6.07) is 1.87. The molecule has 0 aliphatic heterocycles. The monoisotopic (exact) mass is 287 g/mol. The Balaban J connectivity index is 2.38. The van der Waals surface area contributed by atoms with Gasteiger partial charge in [0.1, 0.15) is 5.69 Å². The van der Waals surface area contributed by atoms with Gasteiger partial charge in [-0.1, -0.05) is 0 Å². The summed E-state index contributed by atoms with van der Waals surface area (Å²) in [5.74, 6) is -0.00350. The van der Waals surface area contributed by atoms with Gasteiger partial charge in [-0.05, 0) is 34.3 Å². The molecule has 2 heterocycles. The number of aryl methyl sites for hydroxylation is 1. The van der Waals surface area contributed by atoms with Crippen LogP contribution < -0.4 is 0 Å². The van der Waals surface area contributed by atoms with Gasteiger partial charge in [0.05, 0.1) is 9.88 Å². The molecule has 2 nitrogen and oxygen atoms in total. The molecule has 0 unspecified atom stereocenters. The predicted molar refractivity (Wildman–Crippen MR) is 62.3 cm³/mol. The topological polar surface area (TPSA) is 30.0 Å². The van der Waals surface area contributed by atoms with Crippen LogP contribution in [0, 0.1) is 6.92 Å². The van der Waals surface area contributed by atoms with E-state index in [0.29, 0.717) is 5.69 Å². The van der Waals surface area contributed by atoms with Gasteiger partial charge in [0.2, 0.25) is 5.78 Å². The van der Waals surface area contributed by atoms with E-state index >= 15 is 0 Å². The summed E-state index contributed by atoms with van der Waals surface area (Å²) in [5.41, 5.74) is 0.538. The lowest BCUT2D eigenvalue weighted by atomic mass is 10.2. The standard InChI is InChI=1S/C9H6BrNOS2/c1-5-11-7(4-14-5)8(12)9-6(10)2-3-13-9/h2-4H,1H3. The first kappa shape index (κ1) is 10.0. The van der Waals surface area contributed by atoms with Crippen molar-refractivity contribution in [3.05, 3.63) is 36.9 Å². The van der Waals surface area contributed by atoms with Crippen LogP contribution in [0.3, 0.4) is 0 Å². The van der Waals surface area contributed by atoms with E-state index in [-0.39, 0.29) is 5.78 Å². The van der Waals surface area contributed by atoms with Crippen molar-refractivity contribution in [1.29, 1.82) is 0 Å². The third-order valence-electron chi connectivity index (χ3n) is 1.68. The van der Waals surface area contributed by atoms with Crippen molar-refractivity contribution < 1.29 is 4.79 Å². The molecule has 2 rings (SSSR count). The lowest BCUT2D eigenvalue weighted by molar-refractivity contribution is 0.103. The summed E-state index contributed by atoms with van der Waals surface area (Å²) < 4.78 is 0.846. The number of carbonyl (C=O) groups is 1. The van der Waals surface area contributed by atoms with Crippen LogP contribution in [0.1, 0.15) is 20.4 Å². The smallest absolute Gasteiger partial charge is 0.223 e. The van der Waals surface area contributed by atoms with Gasteiger partial charge in [0, 0.05) is 9.85 Å². The second-order valence-electron chi connectivity index (χ2n) is 2.68. The van der Waals surface area contributed by atoms with Crippen LogP contribution in [0.5, 0.6) is 0 Å². The zero-order chi connectivity index (χ0) is 10.1. The lowest BCUT2D eigenvalue weighted by Gasteiger charge is -1.92. The number of carbonyl (C=O) groups excluding carboxylic acids is 1. The van der Waals surface area contributed by atoms with Crippen LogP contribution in [-0.2, 0) is 0 Å². The molecule has 5 heteroatoms. The molecule has 0 bridgehead atoms. The highest BCUT2D eigenvalue weighted by molar-refractivity contribution is 9.10. The first-order valence-electron chi connectivity index (χ1n) is 3.88. The number of ketones is 1. The fourth-order valence-corrected chi connectivity index (χ4v) is 3.13. The maximum Gasteiger partial charge on any atom is 0.223 e. The molecule has 0 aliphatic carbocycles. The maximum atomic E-state index is 11.9. The molecular weight excluding hydrogens is 282 g/mol. The van der Waals surface area contributed by atoms with Crippen LogP contribution in [0.15, 0.2) is 21.3 Å². The van der Waals surface area contributed by atoms with E-state index in [4.69, 9.17) is 0 Å². The Kier molecular flexibility index (Phi) is 2.80.